The Labute approximate surface area is 135 Å². The van der Waals surface area contributed by atoms with Crippen molar-refractivity contribution in [2.45, 2.75) is 32.8 Å². The van der Waals surface area contributed by atoms with Crippen molar-refractivity contribution in [1.82, 2.24) is 15.6 Å². The number of hydrogen-bond donors (Lipinski definition) is 4. The molecule has 1 heterocycles. The quantitative estimate of drug-likeness (QED) is 0.632. The van der Waals surface area contributed by atoms with Gasteiger partial charge < -0.3 is 20.7 Å². The largest absolute Gasteiger partial charge is 0.391 e. The van der Waals surface area contributed by atoms with Crippen LogP contribution in [0.1, 0.15) is 25.8 Å². The molecular weight excluding hydrogens is 297 g/mol. The van der Waals surface area contributed by atoms with Crippen molar-refractivity contribution in [2.75, 3.05) is 13.1 Å². The minimum Gasteiger partial charge on any atom is -0.391 e. The summed E-state index contributed by atoms with van der Waals surface area (Å²) < 4.78 is 13.1. The lowest BCUT2D eigenvalue weighted by Crippen LogP contribution is -2.42. The van der Waals surface area contributed by atoms with Gasteiger partial charge >= 0.3 is 6.03 Å². The average Bonchev–Trinajstić information content (AvgIpc) is 2.93. The number of aromatic nitrogens is 1. The lowest BCUT2D eigenvalue weighted by Gasteiger charge is -2.17. The van der Waals surface area contributed by atoms with Crippen LogP contribution in [0.3, 0.4) is 0 Å². The van der Waals surface area contributed by atoms with Crippen LogP contribution >= 0.6 is 0 Å². The van der Waals surface area contributed by atoms with E-state index in [0.717, 1.165) is 22.9 Å². The van der Waals surface area contributed by atoms with E-state index in [4.69, 9.17) is 0 Å². The molecule has 0 fully saturated rings. The summed E-state index contributed by atoms with van der Waals surface area (Å²) in [5, 5.41) is 16.2. The van der Waals surface area contributed by atoms with E-state index in [1.165, 1.54) is 12.1 Å². The first-order valence-corrected chi connectivity index (χ1v) is 7.96. The summed E-state index contributed by atoms with van der Waals surface area (Å²) in [6, 6.07) is 4.32. The molecular formula is C17H24FN3O2. The van der Waals surface area contributed by atoms with Crippen molar-refractivity contribution < 1.29 is 14.3 Å². The monoisotopic (exact) mass is 321 g/mol. The number of carbonyl (C=O) groups is 1. The van der Waals surface area contributed by atoms with Gasteiger partial charge in [0.1, 0.15) is 5.82 Å². The van der Waals surface area contributed by atoms with E-state index in [9.17, 15) is 14.3 Å². The molecule has 0 saturated heterocycles. The summed E-state index contributed by atoms with van der Waals surface area (Å²) in [6.45, 7) is 4.66. The van der Waals surface area contributed by atoms with E-state index in [1.807, 2.05) is 20.0 Å². The van der Waals surface area contributed by atoms with Crippen LogP contribution in [0.4, 0.5) is 9.18 Å². The molecule has 126 valence electrons. The number of hydrogen-bond acceptors (Lipinski definition) is 2. The Hall–Kier alpha value is -2.08. The van der Waals surface area contributed by atoms with Gasteiger partial charge in [0, 0.05) is 30.2 Å². The van der Waals surface area contributed by atoms with Gasteiger partial charge in [-0.05, 0) is 36.1 Å². The fourth-order valence-electron chi connectivity index (χ4n) is 2.41. The number of urea groups is 1. The van der Waals surface area contributed by atoms with Crippen molar-refractivity contribution in [1.29, 1.82) is 0 Å². The number of aromatic amines is 1. The third kappa shape index (κ3) is 4.69. The van der Waals surface area contributed by atoms with E-state index in [0.29, 0.717) is 13.0 Å². The second kappa shape index (κ2) is 7.97. The van der Waals surface area contributed by atoms with E-state index in [-0.39, 0.29) is 24.3 Å². The van der Waals surface area contributed by atoms with Gasteiger partial charge in [-0.15, -0.1) is 0 Å². The number of nitrogens with one attached hydrogen (secondary N) is 3. The number of carbonyl (C=O) groups excluding carboxylic acids is 1. The van der Waals surface area contributed by atoms with Crippen molar-refractivity contribution in [3.63, 3.8) is 0 Å². The molecule has 2 rings (SSSR count). The minimum atomic E-state index is -0.533. The summed E-state index contributed by atoms with van der Waals surface area (Å²) >= 11 is 0. The van der Waals surface area contributed by atoms with Crippen LogP contribution in [0.15, 0.2) is 24.4 Å². The highest BCUT2D eigenvalue weighted by Crippen LogP contribution is 2.19. The Balaban J connectivity index is 1.77. The predicted molar refractivity (Wildman–Crippen MR) is 88.8 cm³/mol. The second-order valence-electron chi connectivity index (χ2n) is 5.84. The zero-order chi connectivity index (χ0) is 16.8. The lowest BCUT2D eigenvalue weighted by atomic mass is 10.0. The summed E-state index contributed by atoms with van der Waals surface area (Å²) in [5.74, 6) is -0.120. The van der Waals surface area contributed by atoms with E-state index in [2.05, 4.69) is 15.6 Å². The number of aliphatic hydroxyl groups excluding tert-OH is 1. The Morgan fingerprint density at radius 2 is 2.17 bits per heavy atom. The molecule has 0 radical (unpaired) electrons. The third-order valence-electron chi connectivity index (χ3n) is 4.18. The van der Waals surface area contributed by atoms with Gasteiger partial charge in [-0.3, -0.25) is 0 Å². The van der Waals surface area contributed by atoms with Crippen molar-refractivity contribution in [2.24, 2.45) is 5.92 Å². The van der Waals surface area contributed by atoms with Crippen LogP contribution in [0.25, 0.3) is 10.9 Å². The van der Waals surface area contributed by atoms with E-state index in [1.54, 1.807) is 6.07 Å². The van der Waals surface area contributed by atoms with Crippen LogP contribution in [0, 0.1) is 11.7 Å². The van der Waals surface area contributed by atoms with Crippen LogP contribution in [-0.4, -0.2) is 35.3 Å². The molecule has 0 bridgehead atoms. The Morgan fingerprint density at radius 1 is 1.39 bits per heavy atom. The van der Waals surface area contributed by atoms with Gasteiger partial charge in [0.15, 0.2) is 0 Å². The molecule has 2 amide bonds. The highest BCUT2D eigenvalue weighted by Gasteiger charge is 2.13. The number of fused-ring (bicyclic) bond motifs is 1. The molecule has 0 saturated carbocycles. The van der Waals surface area contributed by atoms with Gasteiger partial charge in [-0.1, -0.05) is 20.3 Å². The summed E-state index contributed by atoms with van der Waals surface area (Å²) in [5.41, 5.74) is 1.78. The Kier molecular flexibility index (Phi) is 5.98. The molecule has 0 aliphatic heterocycles. The Morgan fingerprint density at radius 3 is 2.91 bits per heavy atom. The summed E-state index contributed by atoms with van der Waals surface area (Å²) in [4.78, 5) is 14.7. The fraction of sp³-hybridized carbons (Fsp3) is 0.471. The minimum absolute atomic E-state index is 0.155. The topological polar surface area (TPSA) is 77.2 Å². The number of aliphatic hydroxyl groups is 1. The molecule has 5 nitrogen and oxygen atoms in total. The first kappa shape index (κ1) is 17.3. The van der Waals surface area contributed by atoms with Crippen molar-refractivity contribution >= 4 is 16.9 Å². The maximum Gasteiger partial charge on any atom is 0.314 e. The summed E-state index contributed by atoms with van der Waals surface area (Å²) in [6.07, 6.45) is 2.81. The molecule has 2 aromatic rings. The molecule has 6 heteroatoms. The number of benzene rings is 1. The molecule has 0 spiro atoms. The Bertz CT molecular complexity index is 656. The third-order valence-corrected chi connectivity index (χ3v) is 4.18. The zero-order valence-corrected chi connectivity index (χ0v) is 13.5. The molecule has 0 aliphatic rings. The average molecular weight is 321 g/mol. The molecule has 2 unspecified atom stereocenters. The van der Waals surface area contributed by atoms with Crippen molar-refractivity contribution in [3.8, 4) is 0 Å². The van der Waals surface area contributed by atoms with Gasteiger partial charge in [0.2, 0.25) is 0 Å². The molecule has 1 aromatic heterocycles. The smallest absolute Gasteiger partial charge is 0.314 e. The van der Waals surface area contributed by atoms with Gasteiger partial charge in [-0.25, -0.2) is 9.18 Å². The van der Waals surface area contributed by atoms with Crippen LogP contribution < -0.4 is 10.6 Å². The zero-order valence-electron chi connectivity index (χ0n) is 13.5. The molecule has 1 aromatic carbocycles. The number of rotatable bonds is 7. The number of halogens is 1. The van der Waals surface area contributed by atoms with Gasteiger partial charge in [0.05, 0.1) is 6.10 Å². The molecule has 0 aliphatic carbocycles. The van der Waals surface area contributed by atoms with E-state index >= 15 is 0 Å². The standard InChI is InChI=1S/C17H24FN3O2/c1-3-11(2)16(22)10-21-17(23)19-7-6-12-9-20-15-8-13(18)4-5-14(12)15/h4-5,8-9,11,16,20,22H,3,6-7,10H2,1-2H3,(H2,19,21,23). The van der Waals surface area contributed by atoms with Crippen LogP contribution in [0.2, 0.25) is 0 Å². The first-order valence-electron chi connectivity index (χ1n) is 7.96. The SMILES string of the molecule is CCC(C)C(O)CNC(=O)NCCc1c[nH]c2cc(F)ccc12. The van der Waals surface area contributed by atoms with Gasteiger partial charge in [0.25, 0.3) is 0 Å². The van der Waals surface area contributed by atoms with Gasteiger partial charge in [-0.2, -0.15) is 0 Å². The molecule has 4 N–H and O–H groups in total. The second-order valence-corrected chi connectivity index (χ2v) is 5.84. The van der Waals surface area contributed by atoms with Crippen LogP contribution in [-0.2, 0) is 6.42 Å². The highest BCUT2D eigenvalue weighted by atomic mass is 19.1. The highest BCUT2D eigenvalue weighted by molar-refractivity contribution is 5.83. The fourth-order valence-corrected chi connectivity index (χ4v) is 2.41. The van der Waals surface area contributed by atoms with E-state index < -0.39 is 6.10 Å². The maximum atomic E-state index is 13.1. The predicted octanol–water partition coefficient (Wildman–Crippen LogP) is 2.56. The number of H-pyrrole nitrogens is 1. The lowest BCUT2D eigenvalue weighted by molar-refractivity contribution is 0.114. The van der Waals surface area contributed by atoms with Crippen LogP contribution in [0.5, 0.6) is 0 Å². The summed E-state index contributed by atoms with van der Waals surface area (Å²) in [7, 11) is 0. The molecule has 23 heavy (non-hydrogen) atoms. The normalized spacial score (nSPS) is 13.7. The maximum absolute atomic E-state index is 13.1. The molecule has 2 atom stereocenters. The number of amides is 2. The first-order chi connectivity index (χ1) is 11.0. The van der Waals surface area contributed by atoms with Crippen molar-refractivity contribution in [3.05, 3.63) is 35.8 Å².